The van der Waals surface area contributed by atoms with E-state index < -0.39 is 0 Å². The van der Waals surface area contributed by atoms with Crippen molar-refractivity contribution in [3.8, 4) is 0 Å². The molecule has 2 N–H and O–H groups in total. The van der Waals surface area contributed by atoms with E-state index in [2.05, 4.69) is 5.32 Å². The Kier molecular flexibility index (Phi) is 5.22. The van der Waals surface area contributed by atoms with Gasteiger partial charge in [0.1, 0.15) is 11.5 Å². The number of hydrogen-bond donors (Lipinski definition) is 2. The second-order valence-corrected chi connectivity index (χ2v) is 4.66. The monoisotopic (exact) mass is 254 g/mol. The van der Waals surface area contributed by atoms with Crippen LogP contribution in [0.15, 0.2) is 10.5 Å². The van der Waals surface area contributed by atoms with Gasteiger partial charge in [-0.05, 0) is 33.3 Å². The Hall–Kier alpha value is -1.49. The van der Waals surface area contributed by atoms with Gasteiger partial charge in [-0.25, -0.2) is 4.79 Å². The summed E-state index contributed by atoms with van der Waals surface area (Å²) in [4.78, 5) is 13.3. The van der Waals surface area contributed by atoms with Gasteiger partial charge in [-0.3, -0.25) is 0 Å². The third-order valence-electron chi connectivity index (χ3n) is 2.80. The van der Waals surface area contributed by atoms with Crippen molar-refractivity contribution in [3.05, 3.63) is 23.2 Å². The number of carbonyl (C=O) groups excluding carboxylic acids is 1. The van der Waals surface area contributed by atoms with Gasteiger partial charge in [0.05, 0.1) is 6.10 Å². The van der Waals surface area contributed by atoms with Crippen LogP contribution in [0.5, 0.6) is 0 Å². The van der Waals surface area contributed by atoms with Gasteiger partial charge in [-0.1, -0.05) is 0 Å². The molecule has 0 saturated carbocycles. The van der Waals surface area contributed by atoms with Gasteiger partial charge in [-0.15, -0.1) is 0 Å². The molecule has 5 heteroatoms. The van der Waals surface area contributed by atoms with Crippen molar-refractivity contribution in [2.45, 2.75) is 39.8 Å². The van der Waals surface area contributed by atoms with Crippen molar-refractivity contribution in [2.75, 3.05) is 13.6 Å². The molecule has 0 saturated heterocycles. The quantitative estimate of drug-likeness (QED) is 0.842. The fraction of sp³-hybridized carbons (Fsp3) is 0.615. The maximum absolute atomic E-state index is 11.7. The Bertz CT molecular complexity index is 399. The lowest BCUT2D eigenvalue weighted by molar-refractivity contribution is 0.163. The molecule has 1 aromatic heterocycles. The van der Waals surface area contributed by atoms with Crippen LogP contribution in [0, 0.1) is 13.8 Å². The lowest BCUT2D eigenvalue weighted by Crippen LogP contribution is -2.38. The van der Waals surface area contributed by atoms with Crippen molar-refractivity contribution in [1.82, 2.24) is 10.2 Å². The summed E-state index contributed by atoms with van der Waals surface area (Å²) in [6.07, 6.45) is 0.187. The van der Waals surface area contributed by atoms with Gasteiger partial charge in [0.2, 0.25) is 0 Å². The van der Waals surface area contributed by atoms with E-state index >= 15 is 0 Å². The predicted molar refractivity (Wildman–Crippen MR) is 69.3 cm³/mol. The van der Waals surface area contributed by atoms with Crippen LogP contribution in [0.1, 0.15) is 30.4 Å². The summed E-state index contributed by atoms with van der Waals surface area (Å²) in [5.74, 6) is 1.68. The van der Waals surface area contributed by atoms with Crippen LogP contribution in [0.4, 0.5) is 4.79 Å². The molecular weight excluding hydrogens is 232 g/mol. The van der Waals surface area contributed by atoms with Gasteiger partial charge in [0.25, 0.3) is 0 Å². The minimum Gasteiger partial charge on any atom is -0.466 e. The Morgan fingerprint density at radius 1 is 1.56 bits per heavy atom. The molecule has 18 heavy (non-hydrogen) atoms. The summed E-state index contributed by atoms with van der Waals surface area (Å²) in [5, 5.41) is 12.0. The van der Waals surface area contributed by atoms with Crippen molar-refractivity contribution in [1.29, 1.82) is 0 Å². The van der Waals surface area contributed by atoms with Crippen LogP contribution in [-0.2, 0) is 6.54 Å². The summed E-state index contributed by atoms with van der Waals surface area (Å²) in [6, 6.07) is 1.78. The highest BCUT2D eigenvalue weighted by Gasteiger charge is 2.11. The zero-order chi connectivity index (χ0) is 13.7. The number of carbonyl (C=O) groups is 1. The van der Waals surface area contributed by atoms with Crippen LogP contribution in [0.3, 0.4) is 0 Å². The summed E-state index contributed by atoms with van der Waals surface area (Å²) >= 11 is 0. The summed E-state index contributed by atoms with van der Waals surface area (Å²) in [6.45, 7) is 6.47. The Morgan fingerprint density at radius 2 is 2.22 bits per heavy atom. The molecule has 1 aromatic rings. The van der Waals surface area contributed by atoms with E-state index in [0.717, 1.165) is 17.1 Å². The second kappa shape index (κ2) is 6.44. The van der Waals surface area contributed by atoms with E-state index in [1.807, 2.05) is 19.9 Å². The van der Waals surface area contributed by atoms with Gasteiger partial charge in [0.15, 0.2) is 0 Å². The molecule has 0 aliphatic carbocycles. The van der Waals surface area contributed by atoms with Crippen LogP contribution >= 0.6 is 0 Å². The maximum Gasteiger partial charge on any atom is 0.317 e. The number of aryl methyl sites for hydroxylation is 2. The maximum atomic E-state index is 11.7. The van der Waals surface area contributed by atoms with Gasteiger partial charge < -0.3 is 19.7 Å². The first kappa shape index (κ1) is 14.6. The minimum absolute atomic E-state index is 0.145. The highest BCUT2D eigenvalue weighted by atomic mass is 16.3. The van der Waals surface area contributed by atoms with Crippen molar-refractivity contribution >= 4 is 6.03 Å². The van der Waals surface area contributed by atoms with E-state index in [4.69, 9.17) is 9.52 Å². The number of nitrogens with one attached hydrogen (secondary N) is 1. The molecule has 2 amide bonds. The average Bonchev–Trinajstić information content (AvgIpc) is 2.61. The zero-order valence-electron chi connectivity index (χ0n) is 11.5. The second-order valence-electron chi connectivity index (χ2n) is 4.66. The van der Waals surface area contributed by atoms with Crippen molar-refractivity contribution in [3.63, 3.8) is 0 Å². The smallest absolute Gasteiger partial charge is 0.317 e. The molecule has 0 bridgehead atoms. The number of urea groups is 1. The minimum atomic E-state index is -0.390. The normalized spacial score (nSPS) is 12.3. The number of amides is 2. The highest BCUT2D eigenvalue weighted by molar-refractivity contribution is 5.73. The topological polar surface area (TPSA) is 65.7 Å². The first-order valence-electron chi connectivity index (χ1n) is 6.13. The van der Waals surface area contributed by atoms with E-state index in [9.17, 15) is 4.79 Å². The lowest BCUT2D eigenvalue weighted by atomic mass is 10.2. The zero-order valence-corrected chi connectivity index (χ0v) is 11.5. The van der Waals surface area contributed by atoms with Crippen LogP contribution in [0.2, 0.25) is 0 Å². The molecule has 1 heterocycles. The van der Waals surface area contributed by atoms with E-state index in [1.54, 1.807) is 18.9 Å². The number of furan rings is 1. The largest absolute Gasteiger partial charge is 0.466 e. The molecule has 1 rings (SSSR count). The molecular formula is C13H22N2O3. The number of aliphatic hydroxyl groups is 1. The summed E-state index contributed by atoms with van der Waals surface area (Å²) < 4.78 is 5.39. The average molecular weight is 254 g/mol. The third-order valence-corrected chi connectivity index (χ3v) is 2.80. The van der Waals surface area contributed by atoms with Crippen molar-refractivity contribution in [2.24, 2.45) is 0 Å². The first-order chi connectivity index (χ1) is 8.40. The fourth-order valence-electron chi connectivity index (χ4n) is 1.65. The molecule has 0 spiro atoms. The molecule has 0 fully saturated rings. The van der Waals surface area contributed by atoms with E-state index in [1.165, 1.54) is 0 Å². The van der Waals surface area contributed by atoms with Gasteiger partial charge >= 0.3 is 6.03 Å². The van der Waals surface area contributed by atoms with Crippen LogP contribution < -0.4 is 5.32 Å². The molecule has 102 valence electrons. The standard InChI is InChI=1S/C13H22N2O3/c1-9(16)5-6-15(4)13(17)14-8-12-7-10(2)18-11(12)3/h7,9,16H,5-6,8H2,1-4H3,(H,14,17). The van der Waals surface area contributed by atoms with Crippen molar-refractivity contribution < 1.29 is 14.3 Å². The number of hydrogen-bond acceptors (Lipinski definition) is 3. The van der Waals surface area contributed by atoms with Crippen LogP contribution in [0.25, 0.3) is 0 Å². The Balaban J connectivity index is 2.38. The Labute approximate surface area is 108 Å². The fourth-order valence-corrected chi connectivity index (χ4v) is 1.65. The Morgan fingerprint density at radius 3 is 2.72 bits per heavy atom. The predicted octanol–water partition coefficient (Wildman–Crippen LogP) is 1.81. The number of nitrogens with zero attached hydrogens (tertiary/aromatic N) is 1. The van der Waals surface area contributed by atoms with Crippen LogP contribution in [-0.4, -0.2) is 35.7 Å². The molecule has 0 radical (unpaired) electrons. The molecule has 0 aromatic carbocycles. The molecule has 0 aliphatic heterocycles. The lowest BCUT2D eigenvalue weighted by Gasteiger charge is -2.18. The molecule has 1 unspecified atom stereocenters. The molecule has 5 nitrogen and oxygen atoms in total. The SMILES string of the molecule is Cc1cc(CNC(=O)N(C)CCC(C)O)c(C)o1. The highest BCUT2D eigenvalue weighted by Crippen LogP contribution is 2.13. The van der Waals surface area contributed by atoms with E-state index in [0.29, 0.717) is 19.5 Å². The number of aliphatic hydroxyl groups excluding tert-OH is 1. The molecule has 1 atom stereocenters. The summed E-state index contributed by atoms with van der Waals surface area (Å²) in [7, 11) is 1.71. The van der Waals surface area contributed by atoms with Gasteiger partial charge in [-0.2, -0.15) is 0 Å². The first-order valence-corrected chi connectivity index (χ1v) is 6.13. The van der Waals surface area contributed by atoms with Gasteiger partial charge in [0, 0.05) is 25.7 Å². The molecule has 0 aliphatic rings. The summed E-state index contributed by atoms with van der Waals surface area (Å²) in [5.41, 5.74) is 0.991. The third kappa shape index (κ3) is 4.41. The van der Waals surface area contributed by atoms with E-state index in [-0.39, 0.29) is 12.1 Å². The number of rotatable bonds is 5.